The number of benzene rings is 2. The van der Waals surface area contributed by atoms with Gasteiger partial charge in [-0.2, -0.15) is 0 Å². The highest BCUT2D eigenvalue weighted by atomic mass is 16.4. The van der Waals surface area contributed by atoms with E-state index in [1.165, 1.54) is 49.8 Å². The van der Waals surface area contributed by atoms with Crippen molar-refractivity contribution in [1.82, 2.24) is 0 Å². The normalized spacial score (nSPS) is 14.6. The molecule has 0 unspecified atom stereocenters. The molecule has 132 valence electrons. The van der Waals surface area contributed by atoms with Crippen LogP contribution in [0.4, 0.5) is 5.69 Å². The van der Waals surface area contributed by atoms with Crippen LogP contribution in [0, 0.1) is 12.3 Å². The van der Waals surface area contributed by atoms with E-state index in [1.54, 1.807) is 12.1 Å². The number of terminal acetylenes is 1. The second-order valence-electron chi connectivity index (χ2n) is 6.72. The Morgan fingerprint density at radius 2 is 1.73 bits per heavy atom. The first kappa shape index (κ1) is 17.8. The summed E-state index contributed by atoms with van der Waals surface area (Å²) in [6.45, 7) is 0. The zero-order valence-corrected chi connectivity index (χ0v) is 14.5. The summed E-state index contributed by atoms with van der Waals surface area (Å²) in [5.41, 5.74) is 7.84. The molecule has 3 rings (SSSR count). The Kier molecular flexibility index (Phi) is 5.09. The maximum atomic E-state index is 12.9. The van der Waals surface area contributed by atoms with E-state index in [-0.39, 0.29) is 16.8 Å². The lowest BCUT2D eigenvalue weighted by molar-refractivity contribution is 0.0693. The molecule has 1 fully saturated rings. The fourth-order valence-electron chi connectivity index (χ4n) is 3.66. The van der Waals surface area contributed by atoms with Crippen molar-refractivity contribution in [1.29, 1.82) is 0 Å². The lowest BCUT2D eigenvalue weighted by Gasteiger charge is -2.22. The van der Waals surface area contributed by atoms with E-state index in [4.69, 9.17) is 12.2 Å². The molecule has 0 aliphatic heterocycles. The molecular formula is C22H21NO3. The Bertz CT molecular complexity index is 885. The van der Waals surface area contributed by atoms with Gasteiger partial charge in [0.05, 0.1) is 11.1 Å². The summed E-state index contributed by atoms with van der Waals surface area (Å²) in [5.74, 6) is 1.27. The summed E-state index contributed by atoms with van der Waals surface area (Å²) in [4.78, 5) is 24.4. The number of nitrogens with two attached hydrogens (primary N) is 1. The van der Waals surface area contributed by atoms with Gasteiger partial charge in [-0.25, -0.2) is 4.79 Å². The van der Waals surface area contributed by atoms with Crippen LogP contribution >= 0.6 is 0 Å². The second-order valence-corrected chi connectivity index (χ2v) is 6.72. The molecule has 0 saturated heterocycles. The molecule has 0 atom stereocenters. The summed E-state index contributed by atoms with van der Waals surface area (Å²) in [5, 5.41) is 9.44. The SMILES string of the molecule is C#Cc1cc(N)c(C(=O)c2ccc(C3CCCCC3)cc2)c(C(=O)O)c1. The second kappa shape index (κ2) is 7.45. The molecule has 0 bridgehead atoms. The van der Waals surface area contributed by atoms with Gasteiger partial charge in [0.2, 0.25) is 0 Å². The smallest absolute Gasteiger partial charge is 0.336 e. The molecule has 0 heterocycles. The zero-order chi connectivity index (χ0) is 18.7. The summed E-state index contributed by atoms with van der Waals surface area (Å²) in [6.07, 6.45) is 11.5. The van der Waals surface area contributed by atoms with Crippen molar-refractivity contribution in [2.45, 2.75) is 38.0 Å². The van der Waals surface area contributed by atoms with Gasteiger partial charge in [-0.05, 0) is 36.5 Å². The molecule has 0 spiro atoms. The van der Waals surface area contributed by atoms with Crippen molar-refractivity contribution in [2.24, 2.45) is 0 Å². The molecule has 0 radical (unpaired) electrons. The molecular weight excluding hydrogens is 326 g/mol. The fraction of sp³-hybridized carbons (Fsp3) is 0.273. The number of aromatic carboxylic acids is 1. The number of anilines is 1. The van der Waals surface area contributed by atoms with Crippen molar-refractivity contribution in [3.8, 4) is 12.3 Å². The lowest BCUT2D eigenvalue weighted by Crippen LogP contribution is -2.13. The summed E-state index contributed by atoms with van der Waals surface area (Å²) in [6, 6.07) is 10.2. The van der Waals surface area contributed by atoms with Crippen LogP contribution < -0.4 is 5.73 Å². The van der Waals surface area contributed by atoms with Crippen LogP contribution in [0.5, 0.6) is 0 Å². The molecule has 1 aliphatic rings. The highest BCUT2D eigenvalue weighted by Gasteiger charge is 2.22. The van der Waals surface area contributed by atoms with Crippen LogP contribution in [0.3, 0.4) is 0 Å². The summed E-state index contributed by atoms with van der Waals surface area (Å²) in [7, 11) is 0. The predicted molar refractivity (Wildman–Crippen MR) is 101 cm³/mol. The van der Waals surface area contributed by atoms with Gasteiger partial charge in [0.15, 0.2) is 5.78 Å². The average molecular weight is 347 g/mol. The molecule has 1 aliphatic carbocycles. The first-order valence-corrected chi connectivity index (χ1v) is 8.79. The standard InChI is InChI=1S/C22H21NO3/c1-2-14-12-18(22(25)26)20(19(23)13-14)21(24)17-10-8-16(9-11-17)15-6-4-3-5-7-15/h1,8-13,15H,3-7,23H2,(H,25,26). The minimum absolute atomic E-state index is 0.0121. The Labute approximate surface area is 153 Å². The first-order chi connectivity index (χ1) is 12.5. The number of nitrogen functional groups attached to an aromatic ring is 1. The number of carboxylic acid groups (broad SMARTS) is 1. The Balaban J connectivity index is 1.94. The third kappa shape index (κ3) is 3.48. The highest BCUT2D eigenvalue weighted by molar-refractivity contribution is 6.17. The van der Waals surface area contributed by atoms with Gasteiger partial charge in [-0.15, -0.1) is 6.42 Å². The predicted octanol–water partition coefficient (Wildman–Crippen LogP) is 4.23. The van der Waals surface area contributed by atoms with E-state index in [0.29, 0.717) is 17.0 Å². The van der Waals surface area contributed by atoms with Gasteiger partial charge in [0.1, 0.15) is 0 Å². The molecule has 4 heteroatoms. The summed E-state index contributed by atoms with van der Waals surface area (Å²) >= 11 is 0. The minimum Gasteiger partial charge on any atom is -0.478 e. The fourth-order valence-corrected chi connectivity index (χ4v) is 3.66. The van der Waals surface area contributed by atoms with E-state index in [1.807, 2.05) is 12.1 Å². The topological polar surface area (TPSA) is 80.4 Å². The summed E-state index contributed by atoms with van der Waals surface area (Å²) < 4.78 is 0. The van der Waals surface area contributed by atoms with Gasteiger partial charge in [-0.1, -0.05) is 49.4 Å². The monoisotopic (exact) mass is 347 g/mol. The zero-order valence-electron chi connectivity index (χ0n) is 14.5. The number of ketones is 1. The Morgan fingerprint density at radius 1 is 1.08 bits per heavy atom. The molecule has 2 aromatic carbocycles. The minimum atomic E-state index is -1.23. The van der Waals surface area contributed by atoms with Crippen molar-refractivity contribution in [3.05, 3.63) is 64.2 Å². The molecule has 1 saturated carbocycles. The maximum absolute atomic E-state index is 12.9. The average Bonchev–Trinajstić information content (AvgIpc) is 2.67. The molecule has 0 amide bonds. The number of carboxylic acids is 1. The van der Waals surface area contributed by atoms with Crippen molar-refractivity contribution < 1.29 is 14.7 Å². The van der Waals surface area contributed by atoms with Crippen LogP contribution in [0.15, 0.2) is 36.4 Å². The molecule has 0 aromatic heterocycles. The van der Waals surface area contributed by atoms with Crippen LogP contribution in [-0.2, 0) is 0 Å². The molecule has 26 heavy (non-hydrogen) atoms. The van der Waals surface area contributed by atoms with Crippen molar-refractivity contribution in [3.63, 3.8) is 0 Å². The molecule has 4 nitrogen and oxygen atoms in total. The van der Waals surface area contributed by atoms with E-state index in [2.05, 4.69) is 5.92 Å². The molecule has 3 N–H and O–H groups in total. The number of carbonyl (C=O) groups is 2. The lowest BCUT2D eigenvalue weighted by atomic mass is 9.83. The third-order valence-corrected chi connectivity index (χ3v) is 5.04. The number of hydrogen-bond acceptors (Lipinski definition) is 3. The number of carbonyl (C=O) groups excluding carboxylic acids is 1. The van der Waals surface area contributed by atoms with Crippen LogP contribution in [0.2, 0.25) is 0 Å². The van der Waals surface area contributed by atoms with Gasteiger partial charge < -0.3 is 10.8 Å². The van der Waals surface area contributed by atoms with Gasteiger partial charge in [0.25, 0.3) is 0 Å². The van der Waals surface area contributed by atoms with Crippen molar-refractivity contribution in [2.75, 3.05) is 5.73 Å². The van der Waals surface area contributed by atoms with E-state index in [9.17, 15) is 14.7 Å². The van der Waals surface area contributed by atoms with Gasteiger partial charge >= 0.3 is 5.97 Å². The number of hydrogen-bond donors (Lipinski definition) is 2. The van der Waals surface area contributed by atoms with Crippen molar-refractivity contribution >= 4 is 17.4 Å². The maximum Gasteiger partial charge on any atom is 0.336 e. The van der Waals surface area contributed by atoms with Crippen LogP contribution in [0.1, 0.15) is 75.4 Å². The quantitative estimate of drug-likeness (QED) is 0.493. The Morgan fingerprint density at radius 3 is 2.31 bits per heavy atom. The number of rotatable bonds is 4. The van der Waals surface area contributed by atoms with E-state index < -0.39 is 11.8 Å². The van der Waals surface area contributed by atoms with Gasteiger partial charge in [0, 0.05) is 16.8 Å². The molecule has 2 aromatic rings. The van der Waals surface area contributed by atoms with Gasteiger partial charge in [-0.3, -0.25) is 4.79 Å². The first-order valence-electron chi connectivity index (χ1n) is 8.79. The van der Waals surface area contributed by atoms with Crippen LogP contribution in [0.25, 0.3) is 0 Å². The largest absolute Gasteiger partial charge is 0.478 e. The van der Waals surface area contributed by atoms with E-state index >= 15 is 0 Å². The Hall–Kier alpha value is -3.06. The van der Waals surface area contributed by atoms with Crippen LogP contribution in [-0.4, -0.2) is 16.9 Å². The van der Waals surface area contributed by atoms with E-state index in [0.717, 1.165) is 0 Å². The third-order valence-electron chi connectivity index (χ3n) is 5.04. The highest BCUT2D eigenvalue weighted by Crippen LogP contribution is 2.33.